The molecule has 0 spiro atoms. The van der Waals surface area contributed by atoms with Crippen LogP contribution < -0.4 is 9.47 Å². The lowest BCUT2D eigenvalue weighted by molar-refractivity contribution is -0.325. The SMILES string of the molecule is CO[C@@H]1[C@@H](OC)[C@H](O[C@@H]2CC(=O)[C@H]3CCN(Cc4cc5c(cc43)OCO5)C(=O)[C@H]2OC(=O)c2ccccc2)O[C@H](COC(=O)c2ccccc2)[C@H]1OC. The maximum absolute atomic E-state index is 14.6. The molecule has 0 aromatic heterocycles. The second-order valence-electron chi connectivity index (χ2n) is 13.2. The normalized spacial score (nSPS) is 27.9. The lowest BCUT2D eigenvalue weighted by atomic mass is 9.86. The fourth-order valence-electron chi connectivity index (χ4n) is 7.41. The molecule has 0 saturated carbocycles. The Labute approximate surface area is 306 Å². The Hall–Kier alpha value is -4.86. The van der Waals surface area contributed by atoms with E-state index in [0.717, 1.165) is 11.1 Å². The van der Waals surface area contributed by atoms with Gasteiger partial charge in [0, 0.05) is 46.8 Å². The molecule has 4 heterocycles. The van der Waals surface area contributed by atoms with Crippen LogP contribution in [0.5, 0.6) is 11.5 Å². The number of ketones is 1. The van der Waals surface area contributed by atoms with E-state index in [9.17, 15) is 19.2 Å². The Bertz CT molecular complexity index is 1800. The molecule has 2 saturated heterocycles. The van der Waals surface area contributed by atoms with Gasteiger partial charge >= 0.3 is 11.9 Å². The Morgan fingerprint density at radius 2 is 1.45 bits per heavy atom. The highest BCUT2D eigenvalue weighted by molar-refractivity contribution is 5.94. The van der Waals surface area contributed by atoms with Crippen LogP contribution in [0.4, 0.5) is 0 Å². The van der Waals surface area contributed by atoms with Gasteiger partial charge in [-0.2, -0.15) is 0 Å². The van der Waals surface area contributed by atoms with E-state index < -0.39 is 66.7 Å². The number of amides is 1. The summed E-state index contributed by atoms with van der Waals surface area (Å²) in [5, 5.41) is 0. The summed E-state index contributed by atoms with van der Waals surface area (Å²) < 4.78 is 53.2. The molecule has 4 aliphatic rings. The average molecular weight is 732 g/mol. The first kappa shape index (κ1) is 36.5. The number of carbonyl (C=O) groups is 4. The number of nitrogens with zero attached hydrogens (tertiary/aromatic N) is 1. The maximum Gasteiger partial charge on any atom is 0.339 e. The molecule has 4 aliphatic heterocycles. The molecule has 0 aliphatic carbocycles. The van der Waals surface area contributed by atoms with E-state index in [4.69, 9.17) is 42.6 Å². The van der Waals surface area contributed by atoms with E-state index in [-0.39, 0.29) is 44.3 Å². The van der Waals surface area contributed by atoms with Gasteiger partial charge in [0.2, 0.25) is 12.9 Å². The van der Waals surface area contributed by atoms with Gasteiger partial charge in [-0.1, -0.05) is 36.4 Å². The molecule has 14 nitrogen and oxygen atoms in total. The van der Waals surface area contributed by atoms with Crippen molar-refractivity contribution < 1.29 is 61.8 Å². The van der Waals surface area contributed by atoms with Crippen molar-refractivity contribution in [2.45, 2.75) is 68.2 Å². The zero-order chi connectivity index (χ0) is 37.1. The minimum atomic E-state index is -1.56. The average Bonchev–Trinajstić information content (AvgIpc) is 3.57. The number of methoxy groups -OCH3 is 3. The smallest absolute Gasteiger partial charge is 0.339 e. The van der Waals surface area contributed by atoms with E-state index in [2.05, 4.69) is 0 Å². The van der Waals surface area contributed by atoms with Crippen molar-refractivity contribution in [2.75, 3.05) is 41.3 Å². The lowest BCUT2D eigenvalue weighted by Crippen LogP contribution is -2.62. The highest BCUT2D eigenvalue weighted by Gasteiger charge is 2.51. The van der Waals surface area contributed by atoms with Crippen LogP contribution in [0.15, 0.2) is 72.8 Å². The number of Topliss-reactive ketones (excluding diaryl/α,β-unsaturated/α-hetero) is 1. The van der Waals surface area contributed by atoms with Gasteiger partial charge in [-0.25, -0.2) is 9.59 Å². The number of hydrogen-bond donors (Lipinski definition) is 0. The highest BCUT2D eigenvalue weighted by Crippen LogP contribution is 2.42. The third kappa shape index (κ3) is 7.50. The van der Waals surface area contributed by atoms with Crippen LogP contribution >= 0.6 is 0 Å². The number of esters is 2. The first-order valence-corrected chi connectivity index (χ1v) is 17.4. The van der Waals surface area contributed by atoms with Crippen LogP contribution in [0.25, 0.3) is 0 Å². The van der Waals surface area contributed by atoms with Crippen molar-refractivity contribution in [3.63, 3.8) is 0 Å². The number of benzene rings is 3. The highest BCUT2D eigenvalue weighted by atomic mass is 16.7. The largest absolute Gasteiger partial charge is 0.459 e. The molecular formula is C39H41NO13. The van der Waals surface area contributed by atoms with Gasteiger partial charge in [0.1, 0.15) is 42.9 Å². The Morgan fingerprint density at radius 1 is 0.811 bits per heavy atom. The summed E-state index contributed by atoms with van der Waals surface area (Å²) in [7, 11) is 4.36. The molecule has 53 heavy (non-hydrogen) atoms. The second-order valence-corrected chi connectivity index (χ2v) is 13.2. The first-order chi connectivity index (χ1) is 25.8. The first-order valence-electron chi connectivity index (χ1n) is 17.4. The third-order valence-corrected chi connectivity index (χ3v) is 10.1. The number of fused-ring (bicyclic) bond motifs is 6. The molecule has 3 aromatic carbocycles. The van der Waals surface area contributed by atoms with Gasteiger partial charge in [0.05, 0.1) is 11.1 Å². The van der Waals surface area contributed by atoms with E-state index in [1.54, 1.807) is 77.7 Å². The molecule has 0 unspecified atom stereocenters. The third-order valence-electron chi connectivity index (χ3n) is 10.1. The fraction of sp³-hybridized carbons (Fsp3) is 0.436. The fourth-order valence-corrected chi connectivity index (χ4v) is 7.41. The molecule has 1 amide bonds. The van der Waals surface area contributed by atoms with Crippen molar-refractivity contribution in [2.24, 2.45) is 0 Å². The number of carbonyl (C=O) groups excluding carboxylic acids is 4. The summed E-state index contributed by atoms with van der Waals surface area (Å²) in [4.78, 5) is 57.0. The molecule has 0 N–H and O–H groups in total. The van der Waals surface area contributed by atoms with Gasteiger partial charge in [0.25, 0.3) is 5.91 Å². The van der Waals surface area contributed by atoms with Crippen LogP contribution in [0.3, 0.4) is 0 Å². The molecule has 2 fully saturated rings. The van der Waals surface area contributed by atoms with E-state index in [1.165, 1.54) is 21.3 Å². The standard InChI is InChI=1S/C39H41NO13/c1-45-32-31(20-48-37(43)22-10-6-4-7-11-22)52-39(35(47-3)34(32)46-2)51-30-18-27(41)25-14-15-40(19-24-16-28-29(17-26(24)25)50-21-49-28)36(42)33(30)53-38(44)23-12-8-5-9-13-23/h4-13,16-17,25,30-35,39H,14-15,18-21H2,1-3H3/t25-,30+,31+,32+,33-,34-,35+,39+/m0/s1. The second kappa shape index (κ2) is 16.0. The van der Waals surface area contributed by atoms with E-state index in [0.29, 0.717) is 23.5 Å². The molecule has 3 aromatic rings. The summed E-state index contributed by atoms with van der Waals surface area (Å²) in [6, 6.07) is 20.3. The minimum absolute atomic E-state index is 0.0494. The Morgan fingerprint density at radius 3 is 2.11 bits per heavy atom. The zero-order valence-corrected chi connectivity index (χ0v) is 29.5. The summed E-state index contributed by atoms with van der Waals surface area (Å²) >= 11 is 0. The molecule has 8 atom stereocenters. The summed E-state index contributed by atoms with van der Waals surface area (Å²) in [6.07, 6.45) is -7.63. The van der Waals surface area contributed by atoms with Crippen molar-refractivity contribution in [1.29, 1.82) is 0 Å². The maximum atomic E-state index is 14.6. The summed E-state index contributed by atoms with van der Waals surface area (Å²) in [5.74, 6) is -1.69. The van der Waals surface area contributed by atoms with Crippen LogP contribution in [-0.2, 0) is 49.3 Å². The predicted octanol–water partition coefficient (Wildman–Crippen LogP) is 3.44. The molecular weight excluding hydrogens is 690 g/mol. The molecule has 7 rings (SSSR count). The molecule has 280 valence electrons. The van der Waals surface area contributed by atoms with Crippen molar-refractivity contribution in [1.82, 2.24) is 4.90 Å². The van der Waals surface area contributed by atoms with Crippen LogP contribution in [0.1, 0.15) is 50.6 Å². The minimum Gasteiger partial charge on any atom is -0.459 e. The lowest BCUT2D eigenvalue weighted by Gasteiger charge is -2.45. The quantitative estimate of drug-likeness (QED) is 0.280. The molecule has 14 heteroatoms. The Kier molecular flexibility index (Phi) is 11.0. The van der Waals surface area contributed by atoms with Crippen molar-refractivity contribution in [3.05, 3.63) is 95.1 Å². The molecule has 0 radical (unpaired) electrons. The monoisotopic (exact) mass is 731 g/mol. The van der Waals surface area contributed by atoms with Gasteiger partial charge in [-0.05, 0) is 53.9 Å². The summed E-state index contributed by atoms with van der Waals surface area (Å²) in [6.45, 7) is 0.157. The van der Waals surface area contributed by atoms with Crippen molar-refractivity contribution in [3.8, 4) is 11.5 Å². The summed E-state index contributed by atoms with van der Waals surface area (Å²) in [5.41, 5.74) is 2.04. The Balaban J connectivity index is 1.22. The van der Waals surface area contributed by atoms with Crippen LogP contribution in [0, 0.1) is 0 Å². The van der Waals surface area contributed by atoms with Gasteiger partial charge in [-0.15, -0.1) is 0 Å². The number of hydrogen-bond acceptors (Lipinski definition) is 13. The number of rotatable bonds is 10. The van der Waals surface area contributed by atoms with Crippen LogP contribution in [0.2, 0.25) is 0 Å². The van der Waals surface area contributed by atoms with Crippen LogP contribution in [-0.4, -0.2) is 113 Å². The van der Waals surface area contributed by atoms with E-state index in [1.807, 2.05) is 0 Å². The zero-order valence-electron chi connectivity index (χ0n) is 29.5. The van der Waals surface area contributed by atoms with Gasteiger partial charge in [0.15, 0.2) is 17.8 Å². The molecule has 2 bridgehead atoms. The van der Waals surface area contributed by atoms with Gasteiger partial charge < -0.3 is 47.5 Å². The topological polar surface area (TPSA) is 155 Å². The van der Waals surface area contributed by atoms with Crippen molar-refractivity contribution >= 4 is 23.6 Å². The van der Waals surface area contributed by atoms with E-state index >= 15 is 0 Å². The predicted molar refractivity (Wildman–Crippen MR) is 183 cm³/mol. The van der Waals surface area contributed by atoms with Gasteiger partial charge in [-0.3, -0.25) is 9.59 Å². The number of ether oxygens (including phenoxy) is 9.